The van der Waals surface area contributed by atoms with E-state index < -0.39 is 6.04 Å². The summed E-state index contributed by atoms with van der Waals surface area (Å²) in [5.74, 6) is 1.11. The van der Waals surface area contributed by atoms with Gasteiger partial charge in [-0.15, -0.1) is 6.42 Å². The fourth-order valence-corrected chi connectivity index (χ4v) is 3.17. The van der Waals surface area contributed by atoms with Crippen molar-refractivity contribution in [3.63, 3.8) is 0 Å². The first-order valence-corrected chi connectivity index (χ1v) is 7.70. The molecule has 1 saturated heterocycles. The predicted molar refractivity (Wildman–Crippen MR) is 82.3 cm³/mol. The Kier molecular flexibility index (Phi) is 5.02. The van der Waals surface area contributed by atoms with E-state index in [-0.39, 0.29) is 42.0 Å². The number of likely N-dealkylation sites (tertiary alicyclic amines) is 1. The zero-order valence-electron chi connectivity index (χ0n) is 13.0. The van der Waals surface area contributed by atoms with Crippen LogP contribution in [-0.2, 0) is 14.4 Å². The largest absolute Gasteiger partial charge is 0.343 e. The van der Waals surface area contributed by atoms with Gasteiger partial charge in [-0.3, -0.25) is 19.3 Å². The molecule has 1 fully saturated rings. The smallest absolute Gasteiger partial charge is 0.244 e. The minimum absolute atomic E-state index is 0.0953. The lowest BCUT2D eigenvalue weighted by molar-refractivity contribution is -0.148. The topological polar surface area (TPSA) is 66.5 Å². The molecule has 5 nitrogen and oxygen atoms in total. The van der Waals surface area contributed by atoms with Crippen LogP contribution in [0.5, 0.6) is 0 Å². The van der Waals surface area contributed by atoms with E-state index in [1.165, 1.54) is 4.90 Å². The number of terminal acetylenes is 1. The van der Waals surface area contributed by atoms with Crippen molar-refractivity contribution in [1.29, 1.82) is 0 Å². The molecule has 0 saturated carbocycles. The lowest BCUT2D eigenvalue weighted by Crippen LogP contribution is -2.50. The van der Waals surface area contributed by atoms with Crippen molar-refractivity contribution < 1.29 is 14.4 Å². The number of hydrogen-bond donors (Lipinski definition) is 1. The molecule has 2 rings (SSSR count). The first kappa shape index (κ1) is 16.3. The summed E-state index contributed by atoms with van der Waals surface area (Å²) in [7, 11) is 0. The summed E-state index contributed by atoms with van der Waals surface area (Å²) in [6, 6.07) is -0.765. The van der Waals surface area contributed by atoms with Gasteiger partial charge in [0, 0.05) is 0 Å². The zero-order chi connectivity index (χ0) is 16.3. The number of carbonyl (C=O) groups is 3. The third-order valence-electron chi connectivity index (χ3n) is 4.22. The monoisotopic (exact) mass is 302 g/mol. The Balaban J connectivity index is 2.23. The number of nitrogens with one attached hydrogen (secondary N) is 1. The van der Waals surface area contributed by atoms with Crippen molar-refractivity contribution in [2.24, 2.45) is 17.8 Å². The number of fused-ring (bicyclic) bond motifs is 1. The molecule has 0 aromatic heterocycles. The van der Waals surface area contributed by atoms with Gasteiger partial charge in [0.2, 0.25) is 17.7 Å². The van der Waals surface area contributed by atoms with Gasteiger partial charge >= 0.3 is 0 Å². The third kappa shape index (κ3) is 3.06. The Morgan fingerprint density at radius 3 is 2.32 bits per heavy atom. The average Bonchev–Trinajstić information content (AvgIpc) is 2.74. The number of amides is 3. The number of allylic oxidation sites excluding steroid dienone is 2. The minimum Gasteiger partial charge on any atom is -0.343 e. The molecule has 1 heterocycles. The highest BCUT2D eigenvalue weighted by molar-refractivity contribution is 6.08. The quantitative estimate of drug-likeness (QED) is 0.470. The predicted octanol–water partition coefficient (Wildman–Crippen LogP) is 1.10. The van der Waals surface area contributed by atoms with Crippen LogP contribution in [0.15, 0.2) is 12.2 Å². The summed E-state index contributed by atoms with van der Waals surface area (Å²) in [6.07, 6.45) is 10.6. The molecule has 1 aliphatic heterocycles. The fraction of sp³-hybridized carbons (Fsp3) is 0.588. The second-order valence-corrected chi connectivity index (χ2v) is 6.27. The van der Waals surface area contributed by atoms with Crippen molar-refractivity contribution >= 4 is 17.7 Å². The molecule has 0 aromatic rings. The van der Waals surface area contributed by atoms with Crippen LogP contribution in [0.3, 0.4) is 0 Å². The van der Waals surface area contributed by atoms with Gasteiger partial charge in [0.1, 0.15) is 6.04 Å². The van der Waals surface area contributed by atoms with E-state index in [0.717, 1.165) is 0 Å². The van der Waals surface area contributed by atoms with E-state index >= 15 is 0 Å². The Morgan fingerprint density at radius 1 is 1.32 bits per heavy atom. The minimum atomic E-state index is -0.765. The molecule has 5 heteroatoms. The second kappa shape index (κ2) is 6.78. The van der Waals surface area contributed by atoms with Crippen molar-refractivity contribution in [3.05, 3.63) is 12.2 Å². The van der Waals surface area contributed by atoms with Gasteiger partial charge < -0.3 is 5.32 Å². The second-order valence-electron chi connectivity index (χ2n) is 6.27. The Labute approximate surface area is 131 Å². The molecule has 3 atom stereocenters. The molecule has 0 aromatic carbocycles. The third-order valence-corrected chi connectivity index (χ3v) is 4.22. The zero-order valence-corrected chi connectivity index (χ0v) is 13.0. The van der Waals surface area contributed by atoms with Crippen molar-refractivity contribution in [1.82, 2.24) is 10.2 Å². The molecule has 3 unspecified atom stereocenters. The van der Waals surface area contributed by atoms with E-state index in [4.69, 9.17) is 6.42 Å². The molecule has 0 radical (unpaired) electrons. The van der Waals surface area contributed by atoms with Gasteiger partial charge in [0.05, 0.1) is 18.4 Å². The van der Waals surface area contributed by atoms with Crippen LogP contribution in [0.2, 0.25) is 0 Å². The lowest BCUT2D eigenvalue weighted by atomic mass is 9.85. The highest BCUT2D eigenvalue weighted by Gasteiger charge is 2.51. The summed E-state index contributed by atoms with van der Waals surface area (Å²) in [4.78, 5) is 38.7. The average molecular weight is 302 g/mol. The van der Waals surface area contributed by atoms with E-state index in [9.17, 15) is 14.4 Å². The lowest BCUT2D eigenvalue weighted by Gasteiger charge is -2.27. The summed E-state index contributed by atoms with van der Waals surface area (Å²) in [5, 5.41) is 2.60. The molecule has 22 heavy (non-hydrogen) atoms. The van der Waals surface area contributed by atoms with E-state index in [2.05, 4.69) is 11.2 Å². The van der Waals surface area contributed by atoms with Gasteiger partial charge in [0.25, 0.3) is 0 Å². The number of imide groups is 1. The number of rotatable bonds is 5. The molecular weight excluding hydrogens is 280 g/mol. The molecular formula is C17H22N2O3. The highest BCUT2D eigenvalue weighted by atomic mass is 16.2. The summed E-state index contributed by atoms with van der Waals surface area (Å²) >= 11 is 0. The summed E-state index contributed by atoms with van der Waals surface area (Å²) in [5.41, 5.74) is 0. The van der Waals surface area contributed by atoms with E-state index in [1.807, 2.05) is 26.0 Å². The normalized spacial score (nSPS) is 25.1. The van der Waals surface area contributed by atoms with Crippen LogP contribution < -0.4 is 5.32 Å². The van der Waals surface area contributed by atoms with Gasteiger partial charge in [-0.25, -0.2) is 0 Å². The highest BCUT2D eigenvalue weighted by Crippen LogP contribution is 2.36. The Hall–Kier alpha value is -2.09. The van der Waals surface area contributed by atoms with Crippen molar-refractivity contribution in [3.8, 4) is 12.3 Å². The van der Waals surface area contributed by atoms with Crippen LogP contribution in [0.4, 0.5) is 0 Å². The Morgan fingerprint density at radius 2 is 1.86 bits per heavy atom. The van der Waals surface area contributed by atoms with Gasteiger partial charge in [-0.2, -0.15) is 0 Å². The standard InChI is InChI=1S/C17H22N2O3/c1-4-9-18-15(20)14(10-11(2)3)19-16(21)12-7-5-6-8-13(12)17(19)22/h1,5-6,11-14H,7-10H2,2-3H3,(H,18,20). The van der Waals surface area contributed by atoms with Crippen molar-refractivity contribution in [2.45, 2.75) is 39.2 Å². The molecule has 1 aliphatic carbocycles. The van der Waals surface area contributed by atoms with E-state index in [1.54, 1.807) is 0 Å². The first-order chi connectivity index (χ1) is 10.5. The SMILES string of the molecule is C#CCNC(=O)C(CC(C)C)N1C(=O)C2CC=CCC2C1=O. The number of hydrogen-bond acceptors (Lipinski definition) is 3. The summed E-state index contributed by atoms with van der Waals surface area (Å²) in [6.45, 7) is 4.01. The van der Waals surface area contributed by atoms with Crippen molar-refractivity contribution in [2.75, 3.05) is 6.54 Å². The van der Waals surface area contributed by atoms with Crippen LogP contribution in [0.25, 0.3) is 0 Å². The molecule has 3 amide bonds. The molecule has 0 bridgehead atoms. The fourth-order valence-electron chi connectivity index (χ4n) is 3.17. The van der Waals surface area contributed by atoms with Gasteiger partial charge in [-0.1, -0.05) is 31.9 Å². The Bertz CT molecular complexity index is 519. The van der Waals surface area contributed by atoms with Gasteiger partial charge in [0.15, 0.2) is 0 Å². The molecule has 0 spiro atoms. The first-order valence-electron chi connectivity index (χ1n) is 7.70. The van der Waals surface area contributed by atoms with Crippen LogP contribution in [-0.4, -0.2) is 35.2 Å². The number of nitrogens with zero attached hydrogens (tertiary/aromatic N) is 1. The maximum atomic E-state index is 12.6. The van der Waals surface area contributed by atoms with Crippen LogP contribution >= 0.6 is 0 Å². The van der Waals surface area contributed by atoms with Crippen LogP contribution in [0, 0.1) is 30.1 Å². The van der Waals surface area contributed by atoms with Crippen LogP contribution in [0.1, 0.15) is 33.1 Å². The van der Waals surface area contributed by atoms with Gasteiger partial charge in [-0.05, 0) is 25.2 Å². The maximum Gasteiger partial charge on any atom is 0.244 e. The molecule has 118 valence electrons. The maximum absolute atomic E-state index is 12.6. The molecule has 2 aliphatic rings. The summed E-state index contributed by atoms with van der Waals surface area (Å²) < 4.78 is 0. The molecule has 1 N–H and O–H groups in total. The van der Waals surface area contributed by atoms with E-state index in [0.29, 0.717) is 19.3 Å². The number of carbonyl (C=O) groups excluding carboxylic acids is 3.